The first-order valence-electron chi connectivity index (χ1n) is 7.92. The summed E-state index contributed by atoms with van der Waals surface area (Å²) in [5.41, 5.74) is 1.10. The number of nitrogens with one attached hydrogen (secondary N) is 1. The Bertz CT molecular complexity index is 783. The highest BCUT2D eigenvalue weighted by atomic mass is 32.2. The molecule has 1 aromatic carbocycles. The molecule has 24 heavy (non-hydrogen) atoms. The minimum Gasteiger partial charge on any atom is -0.297 e. The van der Waals surface area contributed by atoms with Gasteiger partial charge in [0, 0.05) is 31.5 Å². The van der Waals surface area contributed by atoms with Crippen LogP contribution in [-0.4, -0.2) is 37.4 Å². The lowest BCUT2D eigenvalue weighted by Crippen LogP contribution is -2.47. The monoisotopic (exact) mass is 349 g/mol. The van der Waals surface area contributed by atoms with Crippen LogP contribution in [0.25, 0.3) is 0 Å². The van der Waals surface area contributed by atoms with E-state index in [1.54, 1.807) is 6.20 Å². The smallest absolute Gasteiger partial charge is 0.240 e. The van der Waals surface area contributed by atoms with Crippen molar-refractivity contribution in [2.24, 2.45) is 0 Å². The standard InChI is InChI=1S/C17H20FN3O2S/c18-15-5-1-7-17(10-15)24(22,23)20-16-6-3-9-21(13-16)12-14-4-2-8-19-11-14/h1-2,4-5,7-8,10-11,16,20H,3,6,9,12-13H2. The van der Waals surface area contributed by atoms with Crippen molar-refractivity contribution in [2.45, 2.75) is 30.3 Å². The molecule has 1 unspecified atom stereocenters. The van der Waals surface area contributed by atoms with E-state index in [1.807, 2.05) is 18.3 Å². The lowest BCUT2D eigenvalue weighted by Gasteiger charge is -2.32. The fraction of sp³-hybridized carbons (Fsp3) is 0.353. The summed E-state index contributed by atoms with van der Waals surface area (Å²) < 4.78 is 40.8. The van der Waals surface area contributed by atoms with Crippen molar-refractivity contribution in [3.63, 3.8) is 0 Å². The summed E-state index contributed by atoms with van der Waals surface area (Å²) in [5, 5.41) is 0. The molecule has 2 aromatic rings. The molecule has 0 spiro atoms. The van der Waals surface area contributed by atoms with Crippen molar-refractivity contribution in [2.75, 3.05) is 13.1 Å². The maximum atomic E-state index is 13.3. The van der Waals surface area contributed by atoms with Crippen molar-refractivity contribution in [1.29, 1.82) is 0 Å². The highest BCUT2D eigenvalue weighted by Crippen LogP contribution is 2.17. The Hall–Kier alpha value is -1.83. The molecular formula is C17H20FN3O2S. The van der Waals surface area contributed by atoms with Crippen molar-refractivity contribution < 1.29 is 12.8 Å². The van der Waals surface area contributed by atoms with Crippen LogP contribution in [0.15, 0.2) is 53.7 Å². The van der Waals surface area contributed by atoms with Gasteiger partial charge < -0.3 is 0 Å². The molecule has 1 aliphatic heterocycles. The van der Waals surface area contributed by atoms with Crippen molar-refractivity contribution in [1.82, 2.24) is 14.6 Å². The van der Waals surface area contributed by atoms with Crippen LogP contribution in [0.1, 0.15) is 18.4 Å². The SMILES string of the molecule is O=S(=O)(NC1CCCN(Cc2cccnc2)C1)c1cccc(F)c1. The lowest BCUT2D eigenvalue weighted by molar-refractivity contribution is 0.194. The van der Waals surface area contributed by atoms with Crippen LogP contribution in [0.2, 0.25) is 0 Å². The molecule has 1 N–H and O–H groups in total. The van der Waals surface area contributed by atoms with Gasteiger partial charge in [-0.25, -0.2) is 17.5 Å². The molecule has 1 atom stereocenters. The van der Waals surface area contributed by atoms with Gasteiger partial charge in [0.15, 0.2) is 0 Å². The number of aromatic nitrogens is 1. The Labute approximate surface area is 141 Å². The van der Waals surface area contributed by atoms with E-state index in [4.69, 9.17) is 0 Å². The van der Waals surface area contributed by atoms with Crippen LogP contribution in [-0.2, 0) is 16.6 Å². The first-order valence-corrected chi connectivity index (χ1v) is 9.40. The number of sulfonamides is 1. The molecule has 2 heterocycles. The van der Waals surface area contributed by atoms with E-state index in [-0.39, 0.29) is 10.9 Å². The summed E-state index contributed by atoms with van der Waals surface area (Å²) in [4.78, 5) is 6.28. The fourth-order valence-corrected chi connectivity index (χ4v) is 4.26. The average Bonchev–Trinajstić information content (AvgIpc) is 2.56. The van der Waals surface area contributed by atoms with Crippen LogP contribution < -0.4 is 4.72 Å². The van der Waals surface area contributed by atoms with Crippen LogP contribution >= 0.6 is 0 Å². The molecule has 1 fully saturated rings. The van der Waals surface area contributed by atoms with Gasteiger partial charge in [-0.3, -0.25) is 9.88 Å². The van der Waals surface area contributed by atoms with E-state index < -0.39 is 15.8 Å². The van der Waals surface area contributed by atoms with E-state index in [0.717, 1.165) is 37.6 Å². The molecule has 3 rings (SSSR count). The maximum absolute atomic E-state index is 13.3. The highest BCUT2D eigenvalue weighted by molar-refractivity contribution is 7.89. The second-order valence-electron chi connectivity index (χ2n) is 6.01. The summed E-state index contributed by atoms with van der Waals surface area (Å²) in [7, 11) is -3.71. The Kier molecular flexibility index (Phi) is 5.23. The van der Waals surface area contributed by atoms with E-state index in [2.05, 4.69) is 14.6 Å². The maximum Gasteiger partial charge on any atom is 0.240 e. The Morgan fingerprint density at radius 1 is 1.29 bits per heavy atom. The summed E-state index contributed by atoms with van der Waals surface area (Å²) in [6.07, 6.45) is 5.24. The first-order chi connectivity index (χ1) is 11.5. The number of rotatable bonds is 5. The summed E-state index contributed by atoms with van der Waals surface area (Å²) >= 11 is 0. The van der Waals surface area contributed by atoms with Gasteiger partial charge >= 0.3 is 0 Å². The van der Waals surface area contributed by atoms with E-state index in [0.29, 0.717) is 6.54 Å². The number of benzene rings is 1. The molecule has 0 bridgehead atoms. The van der Waals surface area contributed by atoms with Gasteiger partial charge in [-0.05, 0) is 49.2 Å². The minimum absolute atomic E-state index is 0.0353. The van der Waals surface area contributed by atoms with Crippen molar-refractivity contribution >= 4 is 10.0 Å². The average molecular weight is 349 g/mol. The predicted molar refractivity (Wildman–Crippen MR) is 89.3 cm³/mol. The molecule has 1 aliphatic rings. The Morgan fingerprint density at radius 3 is 2.92 bits per heavy atom. The van der Waals surface area contributed by atoms with Gasteiger partial charge in [-0.2, -0.15) is 0 Å². The molecule has 5 nitrogen and oxygen atoms in total. The van der Waals surface area contributed by atoms with Gasteiger partial charge in [-0.1, -0.05) is 12.1 Å². The third kappa shape index (κ3) is 4.37. The molecule has 7 heteroatoms. The molecule has 128 valence electrons. The zero-order chi connectivity index (χ0) is 17.0. The zero-order valence-corrected chi connectivity index (χ0v) is 14.0. The number of pyridine rings is 1. The molecule has 1 saturated heterocycles. The number of likely N-dealkylation sites (tertiary alicyclic amines) is 1. The van der Waals surface area contributed by atoms with Crippen LogP contribution in [0, 0.1) is 5.82 Å². The predicted octanol–water partition coefficient (Wildman–Crippen LogP) is 2.16. The van der Waals surface area contributed by atoms with Gasteiger partial charge in [-0.15, -0.1) is 0 Å². The van der Waals surface area contributed by atoms with Crippen LogP contribution in [0.5, 0.6) is 0 Å². The fourth-order valence-electron chi connectivity index (χ4n) is 2.97. The largest absolute Gasteiger partial charge is 0.297 e. The second kappa shape index (κ2) is 7.38. The molecule has 0 saturated carbocycles. The first kappa shape index (κ1) is 17.0. The summed E-state index contributed by atoms with van der Waals surface area (Å²) in [5.74, 6) is -0.556. The third-order valence-electron chi connectivity index (χ3n) is 4.06. The summed E-state index contributed by atoms with van der Waals surface area (Å²) in [6.45, 7) is 2.29. The minimum atomic E-state index is -3.71. The normalized spacial score (nSPS) is 19.3. The van der Waals surface area contributed by atoms with Gasteiger partial charge in [0.25, 0.3) is 0 Å². The molecule has 1 aromatic heterocycles. The van der Waals surface area contributed by atoms with E-state index in [1.165, 1.54) is 18.2 Å². The van der Waals surface area contributed by atoms with E-state index >= 15 is 0 Å². The van der Waals surface area contributed by atoms with Gasteiger partial charge in [0.1, 0.15) is 5.82 Å². The third-order valence-corrected chi connectivity index (χ3v) is 5.58. The zero-order valence-electron chi connectivity index (χ0n) is 13.2. The quantitative estimate of drug-likeness (QED) is 0.899. The summed E-state index contributed by atoms with van der Waals surface area (Å²) in [6, 6.07) is 8.80. The van der Waals surface area contributed by atoms with Gasteiger partial charge in [0.2, 0.25) is 10.0 Å². The Morgan fingerprint density at radius 2 is 2.17 bits per heavy atom. The highest BCUT2D eigenvalue weighted by Gasteiger charge is 2.25. The van der Waals surface area contributed by atoms with Crippen LogP contribution in [0.3, 0.4) is 0 Å². The van der Waals surface area contributed by atoms with Crippen molar-refractivity contribution in [3.05, 3.63) is 60.2 Å². The van der Waals surface area contributed by atoms with E-state index in [9.17, 15) is 12.8 Å². The lowest BCUT2D eigenvalue weighted by atomic mass is 10.1. The topological polar surface area (TPSA) is 62.3 Å². The second-order valence-corrected chi connectivity index (χ2v) is 7.73. The Balaban J connectivity index is 1.64. The number of nitrogens with zero attached hydrogens (tertiary/aromatic N) is 2. The molecule has 0 aliphatic carbocycles. The van der Waals surface area contributed by atoms with Crippen molar-refractivity contribution in [3.8, 4) is 0 Å². The molecular weight excluding hydrogens is 329 g/mol. The van der Waals surface area contributed by atoms with Crippen LogP contribution in [0.4, 0.5) is 4.39 Å². The number of piperidine rings is 1. The number of halogens is 1. The number of hydrogen-bond donors (Lipinski definition) is 1. The molecule has 0 radical (unpaired) electrons. The van der Waals surface area contributed by atoms with Gasteiger partial charge in [0.05, 0.1) is 4.90 Å². The number of hydrogen-bond acceptors (Lipinski definition) is 4. The molecule has 0 amide bonds.